The Hall–Kier alpha value is -3.19. The number of amides is 1. The molecule has 0 aliphatic rings. The van der Waals surface area contributed by atoms with E-state index in [2.05, 4.69) is 15.5 Å². The molecule has 3 aromatic rings. The van der Waals surface area contributed by atoms with E-state index in [-0.39, 0.29) is 5.91 Å². The number of carboxylic acid groups (broad SMARTS) is 1. The van der Waals surface area contributed by atoms with Gasteiger partial charge >= 0.3 is 12.1 Å². The maximum atomic E-state index is 12.0. The highest BCUT2D eigenvalue weighted by Gasteiger charge is 2.38. The molecule has 0 aliphatic heterocycles. The number of rotatable bonds is 8. The molecule has 8 nitrogen and oxygen atoms in total. The largest absolute Gasteiger partial charge is 0.493 e. The van der Waals surface area contributed by atoms with E-state index in [1.54, 1.807) is 25.6 Å². The normalized spacial score (nSPS) is 10.7. The van der Waals surface area contributed by atoms with Crippen LogP contribution in [0.25, 0.3) is 0 Å². The summed E-state index contributed by atoms with van der Waals surface area (Å²) in [6, 6.07) is 9.76. The third kappa shape index (κ3) is 8.69. The fraction of sp³-hybridized carbons (Fsp3) is 0.300. The van der Waals surface area contributed by atoms with Crippen LogP contribution >= 0.6 is 22.7 Å². The minimum absolute atomic E-state index is 0.0489. The summed E-state index contributed by atoms with van der Waals surface area (Å²) in [6.45, 7) is 0. The molecule has 1 amide bonds. The molecular formula is C20H20F3N3O5S2. The number of aromatic nitrogens is 2. The van der Waals surface area contributed by atoms with Crippen LogP contribution in [-0.4, -0.2) is 47.6 Å². The van der Waals surface area contributed by atoms with E-state index in [0.29, 0.717) is 29.5 Å². The third-order valence-corrected chi connectivity index (χ3v) is 5.71. The molecule has 178 valence electrons. The van der Waals surface area contributed by atoms with Gasteiger partial charge in [-0.1, -0.05) is 23.5 Å². The number of methoxy groups -OCH3 is 2. The third-order valence-electron chi connectivity index (χ3n) is 3.94. The van der Waals surface area contributed by atoms with Gasteiger partial charge in [-0.25, -0.2) is 4.79 Å². The lowest BCUT2D eigenvalue weighted by atomic mass is 10.1. The Morgan fingerprint density at radius 3 is 2.39 bits per heavy atom. The molecule has 0 aliphatic carbocycles. The molecule has 0 fully saturated rings. The highest BCUT2D eigenvalue weighted by molar-refractivity contribution is 7.15. The van der Waals surface area contributed by atoms with Crippen LogP contribution in [0.2, 0.25) is 0 Å². The number of aryl methyl sites for hydroxylation is 1. The summed E-state index contributed by atoms with van der Waals surface area (Å²) in [6.07, 6.45) is -3.30. The second kappa shape index (κ2) is 12.2. The predicted octanol–water partition coefficient (Wildman–Crippen LogP) is 4.41. The lowest BCUT2D eigenvalue weighted by Gasteiger charge is -2.08. The first-order valence-electron chi connectivity index (χ1n) is 9.28. The number of hydrogen-bond acceptors (Lipinski definition) is 8. The van der Waals surface area contributed by atoms with E-state index in [4.69, 9.17) is 19.4 Å². The number of benzene rings is 1. The lowest BCUT2D eigenvalue weighted by molar-refractivity contribution is -0.192. The van der Waals surface area contributed by atoms with Crippen molar-refractivity contribution in [3.05, 3.63) is 51.2 Å². The van der Waals surface area contributed by atoms with Gasteiger partial charge < -0.3 is 19.9 Å². The lowest BCUT2D eigenvalue weighted by Crippen LogP contribution is -2.21. The second-order valence-electron chi connectivity index (χ2n) is 6.30. The maximum Gasteiger partial charge on any atom is 0.490 e. The van der Waals surface area contributed by atoms with Gasteiger partial charge in [-0.05, 0) is 35.6 Å². The monoisotopic (exact) mass is 503 g/mol. The van der Waals surface area contributed by atoms with E-state index in [1.165, 1.54) is 16.2 Å². The number of hydrogen-bond donors (Lipinski definition) is 2. The molecule has 0 saturated heterocycles. The van der Waals surface area contributed by atoms with E-state index < -0.39 is 12.1 Å². The van der Waals surface area contributed by atoms with Crippen molar-refractivity contribution in [3.8, 4) is 11.5 Å². The van der Waals surface area contributed by atoms with Gasteiger partial charge in [0.25, 0.3) is 0 Å². The average Bonchev–Trinajstić information content (AvgIpc) is 3.44. The van der Waals surface area contributed by atoms with Gasteiger partial charge in [-0.3, -0.25) is 4.79 Å². The van der Waals surface area contributed by atoms with Crippen molar-refractivity contribution >= 4 is 39.7 Å². The van der Waals surface area contributed by atoms with E-state index in [1.807, 2.05) is 35.7 Å². The maximum absolute atomic E-state index is 12.0. The molecule has 33 heavy (non-hydrogen) atoms. The van der Waals surface area contributed by atoms with Gasteiger partial charge in [0.05, 0.1) is 14.2 Å². The molecule has 2 heterocycles. The Kier molecular flexibility index (Phi) is 9.60. The smallest absolute Gasteiger partial charge is 0.490 e. The summed E-state index contributed by atoms with van der Waals surface area (Å²) in [5, 5.41) is 21.5. The summed E-state index contributed by atoms with van der Waals surface area (Å²) in [7, 11) is 3.21. The zero-order valence-electron chi connectivity index (χ0n) is 17.5. The molecule has 0 atom stereocenters. The number of ether oxygens (including phenoxy) is 2. The molecule has 0 bridgehead atoms. The van der Waals surface area contributed by atoms with Crippen molar-refractivity contribution in [1.82, 2.24) is 10.2 Å². The van der Waals surface area contributed by atoms with Crippen LogP contribution < -0.4 is 14.8 Å². The van der Waals surface area contributed by atoms with Crippen LogP contribution in [-0.2, 0) is 22.4 Å². The standard InChI is InChI=1S/C18H19N3O3S2.C2HF3O2/c1-23-14-7-5-12(10-15(14)24-2)11-17-20-21-18(26-17)19-16(22)8-6-13-4-3-9-25-13;3-2(4,5)1(6)7/h3-5,7,9-10H,6,8,11H2,1-2H3,(H,19,21,22);(H,6,7). The van der Waals surface area contributed by atoms with Crippen LogP contribution in [0.1, 0.15) is 21.9 Å². The van der Waals surface area contributed by atoms with E-state index in [0.717, 1.165) is 17.0 Å². The highest BCUT2D eigenvalue weighted by Crippen LogP contribution is 2.29. The first-order chi connectivity index (χ1) is 15.6. The van der Waals surface area contributed by atoms with Crippen LogP contribution in [0.15, 0.2) is 35.7 Å². The summed E-state index contributed by atoms with van der Waals surface area (Å²) >= 11 is 3.04. The topological polar surface area (TPSA) is 111 Å². The van der Waals surface area contributed by atoms with Crippen molar-refractivity contribution in [2.24, 2.45) is 0 Å². The number of nitrogens with one attached hydrogen (secondary N) is 1. The molecule has 0 unspecified atom stereocenters. The fourth-order valence-corrected chi connectivity index (χ4v) is 3.91. The molecule has 1 aromatic carbocycles. The van der Waals surface area contributed by atoms with E-state index in [9.17, 15) is 18.0 Å². The SMILES string of the molecule is COc1ccc(Cc2nnc(NC(=O)CCc3cccs3)s2)cc1OC.O=C(O)C(F)(F)F. The number of carbonyl (C=O) groups excluding carboxylic acids is 1. The van der Waals surface area contributed by atoms with Gasteiger partial charge in [0.15, 0.2) is 11.5 Å². The molecule has 0 saturated carbocycles. The highest BCUT2D eigenvalue weighted by atomic mass is 32.1. The van der Waals surface area contributed by atoms with Gasteiger partial charge in [-0.15, -0.1) is 21.5 Å². The van der Waals surface area contributed by atoms with Crippen LogP contribution in [0.3, 0.4) is 0 Å². The number of alkyl halides is 3. The van der Waals surface area contributed by atoms with Crippen molar-refractivity contribution < 1.29 is 37.3 Å². The molecular weight excluding hydrogens is 483 g/mol. The Morgan fingerprint density at radius 2 is 1.82 bits per heavy atom. The quantitative estimate of drug-likeness (QED) is 0.468. The Morgan fingerprint density at radius 1 is 1.12 bits per heavy atom. The molecule has 2 aromatic heterocycles. The van der Waals surface area contributed by atoms with Crippen molar-refractivity contribution in [3.63, 3.8) is 0 Å². The van der Waals surface area contributed by atoms with Crippen LogP contribution in [0.5, 0.6) is 11.5 Å². The average molecular weight is 504 g/mol. The fourth-order valence-electron chi connectivity index (χ4n) is 2.41. The minimum Gasteiger partial charge on any atom is -0.493 e. The number of carboxylic acids is 1. The summed E-state index contributed by atoms with van der Waals surface area (Å²) < 4.78 is 42.3. The number of anilines is 1. The summed E-state index contributed by atoms with van der Waals surface area (Å²) in [4.78, 5) is 22.1. The zero-order valence-corrected chi connectivity index (χ0v) is 19.1. The van der Waals surface area contributed by atoms with Gasteiger partial charge in [0, 0.05) is 17.7 Å². The summed E-state index contributed by atoms with van der Waals surface area (Å²) in [5.41, 5.74) is 1.04. The van der Waals surface area contributed by atoms with Crippen molar-refractivity contribution in [2.75, 3.05) is 19.5 Å². The summed E-state index contributed by atoms with van der Waals surface area (Å²) in [5.74, 6) is -1.44. The van der Waals surface area contributed by atoms with E-state index >= 15 is 0 Å². The molecule has 13 heteroatoms. The molecule has 2 N–H and O–H groups in total. The number of carbonyl (C=O) groups is 2. The number of aliphatic carboxylic acids is 1. The number of nitrogens with zero attached hydrogens (tertiary/aromatic N) is 2. The van der Waals surface area contributed by atoms with Gasteiger partial charge in [-0.2, -0.15) is 13.2 Å². The Labute approximate surface area is 195 Å². The predicted molar refractivity (Wildman–Crippen MR) is 117 cm³/mol. The first-order valence-corrected chi connectivity index (χ1v) is 11.0. The minimum atomic E-state index is -5.08. The van der Waals surface area contributed by atoms with Gasteiger partial charge in [0.1, 0.15) is 5.01 Å². The first kappa shape index (κ1) is 26.1. The number of thiophene rings is 1. The van der Waals surface area contributed by atoms with Crippen LogP contribution in [0.4, 0.5) is 18.3 Å². The Bertz CT molecular complexity index is 1060. The van der Waals surface area contributed by atoms with Gasteiger partial charge in [0.2, 0.25) is 11.0 Å². The van der Waals surface area contributed by atoms with Crippen molar-refractivity contribution in [2.45, 2.75) is 25.4 Å². The molecule has 0 spiro atoms. The zero-order chi connectivity index (χ0) is 24.4. The molecule has 3 rings (SSSR count). The van der Waals surface area contributed by atoms with Crippen molar-refractivity contribution in [1.29, 1.82) is 0 Å². The van der Waals surface area contributed by atoms with Crippen LogP contribution in [0, 0.1) is 0 Å². The molecule has 0 radical (unpaired) electrons. The second-order valence-corrected chi connectivity index (χ2v) is 8.39. The number of halogens is 3. The Balaban J connectivity index is 0.000000479.